The molecule has 0 amide bonds. The summed E-state index contributed by atoms with van der Waals surface area (Å²) in [5.74, 6) is 0.104. The normalized spacial score (nSPS) is 21.4. The summed E-state index contributed by atoms with van der Waals surface area (Å²) in [6.07, 6.45) is -0.270. The first kappa shape index (κ1) is 12.0. The van der Waals surface area contributed by atoms with Gasteiger partial charge in [0.2, 0.25) is 0 Å². The summed E-state index contributed by atoms with van der Waals surface area (Å²) in [4.78, 5) is 6.69. The molecule has 92 valence electrons. The molecule has 0 saturated carbocycles. The molecule has 0 aromatic carbocycles. The Bertz CT molecular complexity index is 407. The molecule has 1 aliphatic rings. The van der Waals surface area contributed by atoms with Crippen LogP contribution in [0.15, 0.2) is 18.2 Å². The van der Waals surface area contributed by atoms with E-state index in [2.05, 4.69) is 9.88 Å². The Morgan fingerprint density at radius 2 is 2.47 bits per heavy atom. The molecular formula is C12H18N4O. The van der Waals surface area contributed by atoms with Gasteiger partial charge in [-0.05, 0) is 19.1 Å². The second-order valence-electron chi connectivity index (χ2n) is 4.32. The fraction of sp³-hybridized carbons (Fsp3) is 0.500. The molecule has 1 unspecified atom stereocenters. The van der Waals surface area contributed by atoms with Crippen LogP contribution >= 0.6 is 0 Å². The second kappa shape index (κ2) is 5.25. The SMILES string of the molecule is Cc1cccc(CN2CCOC(C(=N)N)C2)n1. The van der Waals surface area contributed by atoms with Gasteiger partial charge in [0.25, 0.3) is 0 Å². The molecule has 1 aromatic rings. The van der Waals surface area contributed by atoms with Crippen LogP contribution in [0.4, 0.5) is 0 Å². The van der Waals surface area contributed by atoms with Gasteiger partial charge in [-0.3, -0.25) is 15.3 Å². The number of nitrogens with two attached hydrogens (primary N) is 1. The minimum Gasteiger partial charge on any atom is -0.385 e. The average Bonchev–Trinajstić information content (AvgIpc) is 2.29. The first-order valence-electron chi connectivity index (χ1n) is 5.75. The summed E-state index contributed by atoms with van der Waals surface area (Å²) in [6.45, 7) is 4.93. The lowest BCUT2D eigenvalue weighted by molar-refractivity contribution is 0.00191. The number of aromatic nitrogens is 1. The molecule has 1 aromatic heterocycles. The number of morpholine rings is 1. The van der Waals surface area contributed by atoms with Gasteiger partial charge < -0.3 is 10.5 Å². The third-order valence-electron chi connectivity index (χ3n) is 2.83. The van der Waals surface area contributed by atoms with Crippen molar-refractivity contribution in [3.05, 3.63) is 29.6 Å². The molecule has 2 rings (SSSR count). The van der Waals surface area contributed by atoms with E-state index in [1.807, 2.05) is 25.1 Å². The number of aryl methyl sites for hydroxylation is 1. The van der Waals surface area contributed by atoms with Crippen molar-refractivity contribution in [1.82, 2.24) is 9.88 Å². The van der Waals surface area contributed by atoms with E-state index in [1.165, 1.54) is 0 Å². The molecule has 3 N–H and O–H groups in total. The number of rotatable bonds is 3. The average molecular weight is 234 g/mol. The van der Waals surface area contributed by atoms with Crippen molar-refractivity contribution in [2.75, 3.05) is 19.7 Å². The number of pyridine rings is 1. The van der Waals surface area contributed by atoms with Gasteiger partial charge in [0.15, 0.2) is 0 Å². The molecule has 1 aliphatic heterocycles. The molecule has 0 aliphatic carbocycles. The molecule has 1 saturated heterocycles. The molecule has 1 atom stereocenters. The highest BCUT2D eigenvalue weighted by molar-refractivity contribution is 5.82. The molecular weight excluding hydrogens is 216 g/mol. The third-order valence-corrected chi connectivity index (χ3v) is 2.83. The summed E-state index contributed by atoms with van der Waals surface area (Å²) < 4.78 is 5.42. The number of ether oxygens (including phenoxy) is 1. The molecule has 17 heavy (non-hydrogen) atoms. The molecule has 2 heterocycles. The summed E-state index contributed by atoms with van der Waals surface area (Å²) in [5, 5.41) is 7.40. The standard InChI is InChI=1S/C12H18N4O/c1-9-3-2-4-10(15-9)7-16-5-6-17-11(8-16)12(13)14/h2-4,11H,5-8H2,1H3,(H3,13,14). The van der Waals surface area contributed by atoms with Gasteiger partial charge in [-0.15, -0.1) is 0 Å². The number of amidine groups is 1. The van der Waals surface area contributed by atoms with E-state index in [4.69, 9.17) is 15.9 Å². The van der Waals surface area contributed by atoms with E-state index >= 15 is 0 Å². The maximum absolute atomic E-state index is 7.40. The lowest BCUT2D eigenvalue weighted by Crippen LogP contribution is -2.47. The van der Waals surface area contributed by atoms with Crippen molar-refractivity contribution in [2.45, 2.75) is 19.6 Å². The van der Waals surface area contributed by atoms with Crippen LogP contribution in [0.5, 0.6) is 0 Å². The summed E-state index contributed by atoms with van der Waals surface area (Å²) in [6, 6.07) is 6.02. The topological polar surface area (TPSA) is 75.2 Å². The zero-order chi connectivity index (χ0) is 12.3. The van der Waals surface area contributed by atoms with Gasteiger partial charge in [0, 0.05) is 25.3 Å². The van der Waals surface area contributed by atoms with Gasteiger partial charge in [-0.1, -0.05) is 6.07 Å². The first-order chi connectivity index (χ1) is 8.15. The predicted octanol–water partition coefficient (Wildman–Crippen LogP) is 0.527. The van der Waals surface area contributed by atoms with Crippen molar-refractivity contribution in [3.8, 4) is 0 Å². The van der Waals surface area contributed by atoms with E-state index < -0.39 is 0 Å². The Kier molecular flexibility index (Phi) is 3.71. The van der Waals surface area contributed by atoms with Crippen molar-refractivity contribution < 1.29 is 4.74 Å². The Hall–Kier alpha value is -1.46. The van der Waals surface area contributed by atoms with Crippen LogP contribution in [0.3, 0.4) is 0 Å². The zero-order valence-corrected chi connectivity index (χ0v) is 10.0. The van der Waals surface area contributed by atoms with E-state index in [1.54, 1.807) is 0 Å². The second-order valence-corrected chi connectivity index (χ2v) is 4.32. The van der Waals surface area contributed by atoms with Crippen LogP contribution < -0.4 is 5.73 Å². The van der Waals surface area contributed by atoms with Crippen LogP contribution in [0.1, 0.15) is 11.4 Å². The minimum atomic E-state index is -0.270. The summed E-state index contributed by atoms with van der Waals surface area (Å²) in [7, 11) is 0. The first-order valence-corrected chi connectivity index (χ1v) is 5.75. The summed E-state index contributed by atoms with van der Waals surface area (Å²) >= 11 is 0. The maximum Gasteiger partial charge on any atom is 0.127 e. The highest BCUT2D eigenvalue weighted by atomic mass is 16.5. The Morgan fingerprint density at radius 1 is 1.65 bits per heavy atom. The van der Waals surface area contributed by atoms with Gasteiger partial charge in [0.1, 0.15) is 11.9 Å². The molecule has 1 fully saturated rings. The molecule has 0 bridgehead atoms. The van der Waals surface area contributed by atoms with Crippen LogP contribution in [0.2, 0.25) is 0 Å². The highest BCUT2D eigenvalue weighted by Crippen LogP contribution is 2.09. The lowest BCUT2D eigenvalue weighted by Gasteiger charge is -2.31. The van der Waals surface area contributed by atoms with Gasteiger partial charge >= 0.3 is 0 Å². The van der Waals surface area contributed by atoms with Crippen molar-refractivity contribution >= 4 is 5.84 Å². The van der Waals surface area contributed by atoms with Crippen molar-refractivity contribution in [3.63, 3.8) is 0 Å². The van der Waals surface area contributed by atoms with Crippen molar-refractivity contribution in [2.24, 2.45) is 5.73 Å². The number of nitrogens with zero attached hydrogens (tertiary/aromatic N) is 2. The fourth-order valence-electron chi connectivity index (χ4n) is 1.95. The third kappa shape index (κ3) is 3.25. The zero-order valence-electron chi connectivity index (χ0n) is 10.0. The smallest absolute Gasteiger partial charge is 0.127 e. The monoisotopic (exact) mass is 234 g/mol. The lowest BCUT2D eigenvalue weighted by atomic mass is 10.2. The van der Waals surface area contributed by atoms with Gasteiger partial charge in [-0.25, -0.2) is 0 Å². The Balaban J connectivity index is 1.97. The Labute approximate surface area is 101 Å². The number of nitrogens with one attached hydrogen (secondary N) is 1. The van der Waals surface area contributed by atoms with Gasteiger partial charge in [-0.2, -0.15) is 0 Å². The molecule has 5 heteroatoms. The van der Waals surface area contributed by atoms with Crippen LogP contribution in [0, 0.1) is 12.3 Å². The van der Waals surface area contributed by atoms with Crippen LogP contribution in [-0.4, -0.2) is 41.5 Å². The molecule has 5 nitrogen and oxygen atoms in total. The van der Waals surface area contributed by atoms with Gasteiger partial charge in [0.05, 0.1) is 12.3 Å². The van der Waals surface area contributed by atoms with E-state index in [0.29, 0.717) is 13.2 Å². The summed E-state index contributed by atoms with van der Waals surface area (Å²) in [5.41, 5.74) is 7.54. The van der Waals surface area contributed by atoms with E-state index in [9.17, 15) is 0 Å². The quantitative estimate of drug-likeness (QED) is 0.591. The molecule has 0 spiro atoms. The highest BCUT2D eigenvalue weighted by Gasteiger charge is 2.22. The fourth-order valence-corrected chi connectivity index (χ4v) is 1.95. The minimum absolute atomic E-state index is 0.104. The number of hydrogen-bond donors (Lipinski definition) is 2. The van der Waals surface area contributed by atoms with Crippen LogP contribution in [-0.2, 0) is 11.3 Å². The maximum atomic E-state index is 7.40. The van der Waals surface area contributed by atoms with Crippen molar-refractivity contribution in [1.29, 1.82) is 5.41 Å². The van der Waals surface area contributed by atoms with Crippen LogP contribution in [0.25, 0.3) is 0 Å². The van der Waals surface area contributed by atoms with E-state index in [-0.39, 0.29) is 11.9 Å². The van der Waals surface area contributed by atoms with E-state index in [0.717, 1.165) is 24.5 Å². The predicted molar refractivity (Wildman–Crippen MR) is 65.9 cm³/mol. The molecule has 0 radical (unpaired) electrons. The Morgan fingerprint density at radius 3 is 3.18 bits per heavy atom. The number of hydrogen-bond acceptors (Lipinski definition) is 4. The largest absolute Gasteiger partial charge is 0.385 e.